The first-order valence-corrected chi connectivity index (χ1v) is 10.6. The first-order chi connectivity index (χ1) is 12.9. The molecule has 1 aliphatic heterocycles. The van der Waals surface area contributed by atoms with Gasteiger partial charge >= 0.3 is 0 Å². The molecule has 0 amide bonds. The average molecular weight is 392 g/mol. The monoisotopic (exact) mass is 392 g/mol. The van der Waals surface area contributed by atoms with Crippen LogP contribution in [0.4, 0.5) is 10.1 Å². The van der Waals surface area contributed by atoms with Gasteiger partial charge in [0.05, 0.1) is 7.11 Å². The average Bonchev–Trinajstić information content (AvgIpc) is 2.69. The lowest BCUT2D eigenvalue weighted by Gasteiger charge is -2.27. The Bertz CT molecular complexity index is 879. The Balaban J connectivity index is 1.87. The Kier molecular flexibility index (Phi) is 6.01. The summed E-state index contributed by atoms with van der Waals surface area (Å²) in [6.45, 7) is 3.01. The topological polar surface area (TPSA) is 58.6 Å². The van der Waals surface area contributed by atoms with E-state index in [1.807, 2.05) is 6.92 Å². The van der Waals surface area contributed by atoms with Gasteiger partial charge in [-0.3, -0.25) is 0 Å². The highest BCUT2D eigenvalue weighted by Gasteiger charge is 2.29. The molecule has 0 saturated carbocycles. The largest absolute Gasteiger partial charge is 0.495 e. The van der Waals surface area contributed by atoms with Gasteiger partial charge in [-0.2, -0.15) is 4.31 Å². The lowest BCUT2D eigenvalue weighted by atomic mass is 10.1. The maximum Gasteiger partial charge on any atom is 0.246 e. The van der Waals surface area contributed by atoms with Gasteiger partial charge < -0.3 is 10.1 Å². The quantitative estimate of drug-likeness (QED) is 0.801. The molecule has 7 heteroatoms. The zero-order valence-electron chi connectivity index (χ0n) is 15.6. The summed E-state index contributed by atoms with van der Waals surface area (Å²) in [6.07, 6.45) is 2.81. The molecule has 0 bridgehead atoms. The second-order valence-electron chi connectivity index (χ2n) is 6.75. The number of halogens is 1. The summed E-state index contributed by atoms with van der Waals surface area (Å²) in [6, 6.07) is 11.2. The third-order valence-corrected chi connectivity index (χ3v) is 6.77. The first kappa shape index (κ1) is 19.6. The SMILES string of the molecule is COc1ccc(N[C@@H](C)c2ccc(F)cc2)cc1S(=O)(=O)N1CCCCC1. The van der Waals surface area contributed by atoms with E-state index < -0.39 is 10.0 Å². The number of anilines is 1. The van der Waals surface area contributed by atoms with Crippen molar-refractivity contribution in [3.63, 3.8) is 0 Å². The minimum absolute atomic E-state index is 0.107. The van der Waals surface area contributed by atoms with Gasteiger partial charge in [0.25, 0.3) is 0 Å². The lowest BCUT2D eigenvalue weighted by molar-refractivity contribution is 0.343. The van der Waals surface area contributed by atoms with E-state index >= 15 is 0 Å². The molecule has 0 spiro atoms. The van der Waals surface area contributed by atoms with Crippen LogP contribution in [0.15, 0.2) is 47.4 Å². The standard InChI is InChI=1S/C20H25FN2O3S/c1-15(16-6-8-17(21)9-7-16)22-18-10-11-19(26-2)20(14-18)27(24,25)23-12-4-3-5-13-23/h6-11,14-15,22H,3-5,12-13H2,1-2H3/t15-/m0/s1. The molecule has 1 aliphatic rings. The van der Waals surface area contributed by atoms with Crippen LogP contribution in [0.3, 0.4) is 0 Å². The highest BCUT2D eigenvalue weighted by molar-refractivity contribution is 7.89. The summed E-state index contributed by atoms with van der Waals surface area (Å²) in [5.74, 6) is 0.0471. The molecule has 0 aromatic heterocycles. The highest BCUT2D eigenvalue weighted by Crippen LogP contribution is 2.32. The van der Waals surface area contributed by atoms with Gasteiger partial charge in [-0.15, -0.1) is 0 Å². The summed E-state index contributed by atoms with van der Waals surface area (Å²) in [4.78, 5) is 0.170. The Morgan fingerprint density at radius 3 is 2.37 bits per heavy atom. The predicted molar refractivity (Wildman–Crippen MR) is 104 cm³/mol. The van der Waals surface area contributed by atoms with E-state index in [-0.39, 0.29) is 16.8 Å². The van der Waals surface area contributed by atoms with Crippen LogP contribution in [-0.2, 0) is 10.0 Å². The number of nitrogens with zero attached hydrogens (tertiary/aromatic N) is 1. The van der Waals surface area contributed by atoms with Crippen molar-refractivity contribution >= 4 is 15.7 Å². The van der Waals surface area contributed by atoms with Crippen LogP contribution in [0, 0.1) is 5.82 Å². The van der Waals surface area contributed by atoms with Crippen molar-refractivity contribution < 1.29 is 17.5 Å². The molecule has 0 unspecified atom stereocenters. The van der Waals surface area contributed by atoms with Crippen LogP contribution in [0.25, 0.3) is 0 Å². The van der Waals surface area contributed by atoms with Gasteiger partial charge in [-0.1, -0.05) is 18.6 Å². The fraction of sp³-hybridized carbons (Fsp3) is 0.400. The van der Waals surface area contributed by atoms with Crippen molar-refractivity contribution in [2.24, 2.45) is 0 Å². The Labute approximate surface area is 160 Å². The van der Waals surface area contributed by atoms with Gasteiger partial charge in [-0.25, -0.2) is 12.8 Å². The number of rotatable bonds is 6. The molecule has 1 N–H and O–H groups in total. The normalized spacial score (nSPS) is 16.7. The van der Waals surface area contributed by atoms with E-state index in [4.69, 9.17) is 4.74 Å². The van der Waals surface area contributed by atoms with E-state index in [1.54, 1.807) is 30.3 Å². The van der Waals surface area contributed by atoms with Crippen molar-refractivity contribution in [2.45, 2.75) is 37.1 Å². The van der Waals surface area contributed by atoms with Crippen LogP contribution in [-0.4, -0.2) is 32.9 Å². The molecule has 2 aromatic rings. The van der Waals surface area contributed by atoms with Crippen LogP contribution in [0.1, 0.15) is 37.8 Å². The Morgan fingerprint density at radius 1 is 1.07 bits per heavy atom. The molecule has 146 valence electrons. The Morgan fingerprint density at radius 2 is 1.74 bits per heavy atom. The number of hydrogen-bond donors (Lipinski definition) is 1. The summed E-state index contributed by atoms with van der Waals surface area (Å²) in [7, 11) is -2.14. The predicted octanol–water partition coefficient (Wildman–Crippen LogP) is 4.18. The lowest BCUT2D eigenvalue weighted by Crippen LogP contribution is -2.35. The molecule has 0 aliphatic carbocycles. The highest BCUT2D eigenvalue weighted by atomic mass is 32.2. The van der Waals surface area contributed by atoms with Gasteiger partial charge in [0.2, 0.25) is 10.0 Å². The minimum atomic E-state index is -3.61. The summed E-state index contributed by atoms with van der Waals surface area (Å²) in [5, 5.41) is 3.28. The van der Waals surface area contributed by atoms with E-state index in [9.17, 15) is 12.8 Å². The van der Waals surface area contributed by atoms with Gasteiger partial charge in [0, 0.05) is 24.8 Å². The van der Waals surface area contributed by atoms with Gasteiger partial charge in [-0.05, 0) is 55.7 Å². The van der Waals surface area contributed by atoms with Crippen molar-refractivity contribution in [1.29, 1.82) is 0 Å². The molecule has 27 heavy (non-hydrogen) atoms. The zero-order valence-corrected chi connectivity index (χ0v) is 16.4. The first-order valence-electron chi connectivity index (χ1n) is 9.12. The third kappa shape index (κ3) is 4.42. The van der Waals surface area contributed by atoms with E-state index in [1.165, 1.54) is 23.5 Å². The number of hydrogen-bond acceptors (Lipinski definition) is 4. The molecule has 0 radical (unpaired) electrons. The summed E-state index contributed by atoms with van der Waals surface area (Å²) < 4.78 is 46.1. The molecular formula is C20H25FN2O3S. The summed E-state index contributed by atoms with van der Waals surface area (Å²) in [5.41, 5.74) is 1.58. The van der Waals surface area contributed by atoms with Gasteiger partial charge in [0.15, 0.2) is 0 Å². The molecule has 5 nitrogen and oxygen atoms in total. The zero-order chi connectivity index (χ0) is 19.4. The number of benzene rings is 2. The summed E-state index contributed by atoms with van der Waals surface area (Å²) >= 11 is 0. The number of piperidine rings is 1. The van der Waals surface area contributed by atoms with E-state index in [0.717, 1.165) is 24.8 Å². The third-order valence-electron chi connectivity index (χ3n) is 4.85. The molecule has 1 atom stereocenters. The Hall–Kier alpha value is -2.12. The molecular weight excluding hydrogens is 367 g/mol. The number of ether oxygens (including phenoxy) is 1. The maximum atomic E-state index is 13.1. The fourth-order valence-electron chi connectivity index (χ4n) is 3.30. The maximum absolute atomic E-state index is 13.1. The second kappa shape index (κ2) is 8.27. The van der Waals surface area contributed by atoms with Crippen LogP contribution in [0.5, 0.6) is 5.75 Å². The molecule has 3 rings (SSSR count). The van der Waals surface area contributed by atoms with Gasteiger partial charge in [0.1, 0.15) is 16.5 Å². The van der Waals surface area contributed by atoms with Crippen LogP contribution in [0.2, 0.25) is 0 Å². The van der Waals surface area contributed by atoms with Crippen LogP contribution >= 0.6 is 0 Å². The van der Waals surface area contributed by atoms with E-state index in [2.05, 4.69) is 5.32 Å². The fourth-order valence-corrected chi connectivity index (χ4v) is 5.00. The molecule has 1 heterocycles. The van der Waals surface area contributed by atoms with Crippen molar-refractivity contribution in [3.8, 4) is 5.75 Å². The molecule has 1 saturated heterocycles. The smallest absolute Gasteiger partial charge is 0.246 e. The van der Waals surface area contributed by atoms with E-state index in [0.29, 0.717) is 24.5 Å². The second-order valence-corrected chi connectivity index (χ2v) is 8.65. The number of sulfonamides is 1. The van der Waals surface area contributed by atoms with Crippen molar-refractivity contribution in [3.05, 3.63) is 53.8 Å². The molecule has 2 aromatic carbocycles. The van der Waals surface area contributed by atoms with Crippen LogP contribution < -0.4 is 10.1 Å². The number of methoxy groups -OCH3 is 1. The number of nitrogens with one attached hydrogen (secondary N) is 1. The minimum Gasteiger partial charge on any atom is -0.495 e. The van der Waals surface area contributed by atoms with Crippen molar-refractivity contribution in [1.82, 2.24) is 4.31 Å². The molecule has 1 fully saturated rings. The van der Waals surface area contributed by atoms with Crippen molar-refractivity contribution in [2.75, 3.05) is 25.5 Å².